The minimum Gasteiger partial charge on any atom is -0.495 e. The van der Waals surface area contributed by atoms with Crippen LogP contribution >= 0.6 is 11.9 Å². The number of nitrogens with zero attached hydrogens (tertiary/aromatic N) is 1. The number of methoxy groups -OCH3 is 1. The van der Waals surface area contributed by atoms with E-state index in [1.807, 2.05) is 12.1 Å². The van der Waals surface area contributed by atoms with Crippen molar-refractivity contribution in [3.63, 3.8) is 0 Å². The molecule has 0 bridgehead atoms. The van der Waals surface area contributed by atoms with Crippen molar-refractivity contribution in [2.75, 3.05) is 7.11 Å². The molecule has 2 atom stereocenters. The maximum absolute atomic E-state index is 5.53. The van der Waals surface area contributed by atoms with Crippen molar-refractivity contribution >= 4 is 11.9 Å². The van der Waals surface area contributed by atoms with Crippen LogP contribution in [-0.4, -0.2) is 17.3 Å². The lowest BCUT2D eigenvalue weighted by Gasteiger charge is -2.16. The summed E-state index contributed by atoms with van der Waals surface area (Å²) in [5.74, 6) is 1.14. The number of pyridine rings is 1. The van der Waals surface area contributed by atoms with Crippen molar-refractivity contribution in [2.24, 2.45) is 5.14 Å². The first kappa shape index (κ1) is 11.3. The van der Waals surface area contributed by atoms with Crippen molar-refractivity contribution in [3.05, 3.63) is 24.0 Å². The van der Waals surface area contributed by atoms with Crippen LogP contribution in [0, 0.1) is 0 Å². The predicted molar refractivity (Wildman–Crippen MR) is 60.4 cm³/mol. The summed E-state index contributed by atoms with van der Waals surface area (Å²) in [4.78, 5) is 4.32. The van der Waals surface area contributed by atoms with Crippen LogP contribution < -0.4 is 9.88 Å². The summed E-state index contributed by atoms with van der Waals surface area (Å²) >= 11 is 1.37. The Kier molecular flexibility index (Phi) is 4.22. The van der Waals surface area contributed by atoms with Crippen LogP contribution in [-0.2, 0) is 0 Å². The molecule has 0 saturated carbocycles. The molecule has 4 heteroatoms. The lowest BCUT2D eigenvalue weighted by Crippen LogP contribution is -2.11. The third-order valence-corrected chi connectivity index (χ3v) is 3.22. The monoisotopic (exact) mass is 212 g/mol. The van der Waals surface area contributed by atoms with Gasteiger partial charge in [0.05, 0.1) is 13.3 Å². The number of ether oxygens (including phenoxy) is 1. The molecule has 0 fully saturated rings. The Bertz CT molecular complexity index is 276. The second-order valence-electron chi connectivity index (χ2n) is 3.25. The van der Waals surface area contributed by atoms with E-state index in [1.54, 1.807) is 13.3 Å². The van der Waals surface area contributed by atoms with Crippen LogP contribution in [0.1, 0.15) is 25.5 Å². The molecule has 14 heavy (non-hydrogen) atoms. The van der Waals surface area contributed by atoms with Gasteiger partial charge in [-0.3, -0.25) is 10.1 Å². The van der Waals surface area contributed by atoms with Crippen LogP contribution in [0.5, 0.6) is 5.75 Å². The summed E-state index contributed by atoms with van der Waals surface area (Å²) in [5, 5.41) is 5.90. The van der Waals surface area contributed by atoms with Crippen molar-refractivity contribution in [2.45, 2.75) is 25.0 Å². The molecule has 0 aliphatic rings. The van der Waals surface area contributed by atoms with Gasteiger partial charge in [-0.15, -0.1) is 0 Å². The van der Waals surface area contributed by atoms with Crippen molar-refractivity contribution in [1.29, 1.82) is 0 Å². The number of hydrogen-bond acceptors (Lipinski definition) is 4. The zero-order valence-corrected chi connectivity index (χ0v) is 9.54. The second-order valence-corrected chi connectivity index (χ2v) is 4.27. The molecule has 2 unspecified atom stereocenters. The molecule has 2 N–H and O–H groups in total. The van der Waals surface area contributed by atoms with Gasteiger partial charge < -0.3 is 4.74 Å². The Balaban J connectivity index is 2.75. The van der Waals surface area contributed by atoms with Gasteiger partial charge in [0.25, 0.3) is 0 Å². The molecular weight excluding hydrogens is 196 g/mol. The number of aromatic nitrogens is 1. The highest BCUT2D eigenvalue weighted by atomic mass is 32.2. The first-order valence-corrected chi connectivity index (χ1v) is 5.48. The van der Waals surface area contributed by atoms with E-state index >= 15 is 0 Å². The lowest BCUT2D eigenvalue weighted by molar-refractivity contribution is 0.412. The molecule has 1 aromatic rings. The van der Waals surface area contributed by atoms with Crippen LogP contribution in [0.2, 0.25) is 0 Å². The highest BCUT2D eigenvalue weighted by molar-refractivity contribution is 7.97. The Morgan fingerprint density at radius 3 is 2.57 bits per heavy atom. The SMILES string of the molecule is COc1ccc(C(C)C(C)SN)nc1. The Labute approximate surface area is 89.2 Å². The van der Waals surface area contributed by atoms with Gasteiger partial charge in [0.2, 0.25) is 0 Å². The molecule has 0 aliphatic carbocycles. The minimum absolute atomic E-state index is 0.357. The molecule has 0 spiro atoms. The van der Waals surface area contributed by atoms with E-state index in [0.717, 1.165) is 11.4 Å². The summed E-state index contributed by atoms with van der Waals surface area (Å²) < 4.78 is 5.04. The molecule has 0 radical (unpaired) electrons. The number of hydrogen-bond donors (Lipinski definition) is 1. The fraction of sp³-hybridized carbons (Fsp3) is 0.500. The number of rotatable bonds is 4. The first-order chi connectivity index (χ1) is 6.69. The fourth-order valence-corrected chi connectivity index (χ4v) is 1.52. The molecule has 0 saturated heterocycles. The van der Waals surface area contributed by atoms with E-state index in [4.69, 9.17) is 9.88 Å². The van der Waals surface area contributed by atoms with E-state index in [-0.39, 0.29) is 0 Å². The molecular formula is C10H16N2OS. The summed E-state index contributed by atoms with van der Waals surface area (Å²) in [6.07, 6.45) is 1.74. The van der Waals surface area contributed by atoms with E-state index in [9.17, 15) is 0 Å². The van der Waals surface area contributed by atoms with Gasteiger partial charge in [-0.1, -0.05) is 25.8 Å². The van der Waals surface area contributed by atoms with Crippen LogP contribution in [0.4, 0.5) is 0 Å². The summed E-state index contributed by atoms with van der Waals surface area (Å²) in [5.41, 5.74) is 1.05. The Hall–Kier alpha value is -0.740. The smallest absolute Gasteiger partial charge is 0.137 e. The normalized spacial score (nSPS) is 14.9. The average molecular weight is 212 g/mol. The van der Waals surface area contributed by atoms with Crippen molar-refractivity contribution in [1.82, 2.24) is 4.98 Å². The van der Waals surface area contributed by atoms with Crippen LogP contribution in [0.15, 0.2) is 18.3 Å². The molecule has 1 aromatic heterocycles. The highest BCUT2D eigenvalue weighted by Gasteiger charge is 2.14. The third kappa shape index (κ3) is 2.62. The van der Waals surface area contributed by atoms with Gasteiger partial charge in [-0.05, 0) is 12.1 Å². The summed E-state index contributed by atoms with van der Waals surface area (Å²) in [6, 6.07) is 3.91. The van der Waals surface area contributed by atoms with E-state index in [0.29, 0.717) is 11.2 Å². The molecule has 0 aromatic carbocycles. The fourth-order valence-electron chi connectivity index (χ4n) is 1.14. The Morgan fingerprint density at radius 1 is 1.43 bits per heavy atom. The maximum atomic E-state index is 5.53. The standard InChI is InChI=1S/C10H16N2OS/c1-7(8(2)14-11)10-5-4-9(13-3)6-12-10/h4-8H,11H2,1-3H3. The van der Waals surface area contributed by atoms with Crippen LogP contribution in [0.3, 0.4) is 0 Å². The molecule has 1 heterocycles. The first-order valence-electron chi connectivity index (χ1n) is 4.54. The van der Waals surface area contributed by atoms with E-state index in [2.05, 4.69) is 18.8 Å². The van der Waals surface area contributed by atoms with Gasteiger partial charge in [0, 0.05) is 16.9 Å². The largest absolute Gasteiger partial charge is 0.495 e. The second kappa shape index (κ2) is 5.22. The van der Waals surface area contributed by atoms with Gasteiger partial charge in [0.1, 0.15) is 5.75 Å². The quantitative estimate of drug-likeness (QED) is 0.777. The molecule has 1 rings (SSSR count). The maximum Gasteiger partial charge on any atom is 0.137 e. The zero-order valence-electron chi connectivity index (χ0n) is 8.73. The molecule has 0 aliphatic heterocycles. The molecule has 3 nitrogen and oxygen atoms in total. The lowest BCUT2D eigenvalue weighted by atomic mass is 10.0. The summed E-state index contributed by atoms with van der Waals surface area (Å²) in [6.45, 7) is 4.22. The van der Waals surface area contributed by atoms with Crippen molar-refractivity contribution in [3.8, 4) is 5.75 Å². The highest BCUT2D eigenvalue weighted by Crippen LogP contribution is 2.24. The van der Waals surface area contributed by atoms with Gasteiger partial charge in [0.15, 0.2) is 0 Å². The molecule has 0 amide bonds. The zero-order chi connectivity index (χ0) is 10.6. The van der Waals surface area contributed by atoms with E-state index in [1.165, 1.54) is 11.9 Å². The van der Waals surface area contributed by atoms with Crippen molar-refractivity contribution < 1.29 is 4.74 Å². The topological polar surface area (TPSA) is 48.1 Å². The Morgan fingerprint density at radius 2 is 2.14 bits per heavy atom. The van der Waals surface area contributed by atoms with Crippen LogP contribution in [0.25, 0.3) is 0 Å². The minimum atomic E-state index is 0.357. The average Bonchev–Trinajstić information content (AvgIpc) is 2.27. The van der Waals surface area contributed by atoms with Gasteiger partial charge in [-0.25, -0.2) is 0 Å². The van der Waals surface area contributed by atoms with Gasteiger partial charge >= 0.3 is 0 Å². The van der Waals surface area contributed by atoms with Gasteiger partial charge in [-0.2, -0.15) is 0 Å². The third-order valence-electron chi connectivity index (χ3n) is 2.38. The molecule has 78 valence electrons. The number of nitrogens with two attached hydrogens (primary N) is 1. The van der Waals surface area contributed by atoms with E-state index < -0.39 is 0 Å². The predicted octanol–water partition coefficient (Wildman–Crippen LogP) is 2.19. The summed E-state index contributed by atoms with van der Waals surface area (Å²) in [7, 11) is 1.64.